The third-order valence-corrected chi connectivity index (χ3v) is 2.99. The Morgan fingerprint density at radius 1 is 1.00 bits per heavy atom. The highest BCUT2D eigenvalue weighted by atomic mass is 35.5. The van der Waals surface area contributed by atoms with Crippen molar-refractivity contribution in [3.63, 3.8) is 0 Å². The molecule has 0 spiro atoms. The molecular formula is C14H12BClF. The fourth-order valence-corrected chi connectivity index (χ4v) is 1.94. The smallest absolute Gasteiger partial charge is 0.153 e. The first-order chi connectivity index (χ1) is 8.27. The van der Waals surface area contributed by atoms with Crippen molar-refractivity contribution in [1.82, 2.24) is 0 Å². The highest BCUT2D eigenvalue weighted by molar-refractivity contribution is 6.58. The summed E-state index contributed by atoms with van der Waals surface area (Å²) in [5, 5.41) is 0.737. The minimum absolute atomic E-state index is 0.139. The summed E-state index contributed by atoms with van der Waals surface area (Å²) in [4.78, 5) is 0. The van der Waals surface area contributed by atoms with E-state index in [2.05, 4.69) is 0 Å². The molecule has 1 radical (unpaired) electrons. The summed E-state index contributed by atoms with van der Waals surface area (Å²) < 4.78 is 13.4. The molecule has 85 valence electrons. The lowest BCUT2D eigenvalue weighted by Crippen LogP contribution is -2.15. The van der Waals surface area contributed by atoms with Crippen molar-refractivity contribution in [3.05, 3.63) is 64.9 Å². The van der Waals surface area contributed by atoms with Crippen molar-refractivity contribution in [3.8, 4) is 0 Å². The molecule has 0 fully saturated rings. The molecule has 0 N–H and O–H groups in total. The summed E-state index contributed by atoms with van der Waals surface area (Å²) in [6.45, 7) is 0. The second kappa shape index (κ2) is 5.88. The van der Waals surface area contributed by atoms with Gasteiger partial charge in [-0.05, 0) is 24.1 Å². The van der Waals surface area contributed by atoms with Crippen LogP contribution in [0, 0.1) is 5.82 Å². The Morgan fingerprint density at radius 2 is 1.71 bits per heavy atom. The average molecular weight is 246 g/mol. The van der Waals surface area contributed by atoms with Crippen LogP contribution in [0.15, 0.2) is 48.5 Å². The highest BCUT2D eigenvalue weighted by Gasteiger charge is 2.03. The summed E-state index contributed by atoms with van der Waals surface area (Å²) in [5.41, 5.74) is 1.75. The lowest BCUT2D eigenvalue weighted by Gasteiger charge is -2.04. The lowest BCUT2D eigenvalue weighted by atomic mass is 9.66. The molecule has 0 aliphatic heterocycles. The summed E-state index contributed by atoms with van der Waals surface area (Å²) in [7, 11) is 2.04. The molecule has 2 aromatic rings. The van der Waals surface area contributed by atoms with Gasteiger partial charge >= 0.3 is 0 Å². The number of hydrogen-bond acceptors (Lipinski definition) is 0. The number of hydrogen-bond donors (Lipinski definition) is 0. The van der Waals surface area contributed by atoms with E-state index in [1.807, 2.05) is 43.7 Å². The molecule has 0 aliphatic carbocycles. The number of halogens is 2. The predicted molar refractivity (Wildman–Crippen MR) is 71.8 cm³/mol. The molecule has 0 amide bonds. The van der Waals surface area contributed by atoms with Crippen LogP contribution < -0.4 is 5.46 Å². The molecule has 0 unspecified atom stereocenters. The van der Waals surface area contributed by atoms with Gasteiger partial charge in [-0.3, -0.25) is 0 Å². The second-order valence-electron chi connectivity index (χ2n) is 3.86. The SMILES string of the molecule is Fc1ccccc1CC[B]c1ccccc1Cl. The first-order valence-electron chi connectivity index (χ1n) is 5.58. The van der Waals surface area contributed by atoms with Crippen LogP contribution in [-0.2, 0) is 6.42 Å². The fraction of sp³-hybridized carbons (Fsp3) is 0.143. The first-order valence-corrected chi connectivity index (χ1v) is 5.96. The molecule has 0 aliphatic rings. The molecule has 2 rings (SSSR count). The van der Waals surface area contributed by atoms with Crippen molar-refractivity contribution >= 4 is 24.3 Å². The largest absolute Gasteiger partial charge is 0.207 e. The van der Waals surface area contributed by atoms with E-state index in [1.165, 1.54) is 6.07 Å². The predicted octanol–water partition coefficient (Wildman–Crippen LogP) is 3.47. The van der Waals surface area contributed by atoms with Crippen LogP contribution in [0.25, 0.3) is 0 Å². The Morgan fingerprint density at radius 3 is 2.47 bits per heavy atom. The van der Waals surface area contributed by atoms with Crippen molar-refractivity contribution < 1.29 is 4.39 Å². The van der Waals surface area contributed by atoms with Gasteiger partial charge in [0.15, 0.2) is 7.28 Å². The first kappa shape index (κ1) is 12.2. The molecule has 0 heterocycles. The Balaban J connectivity index is 1.93. The number of rotatable bonds is 4. The normalized spacial score (nSPS) is 10.2. The Bertz CT molecular complexity index is 454. The maximum Gasteiger partial charge on any atom is 0.153 e. The Kier molecular flexibility index (Phi) is 4.21. The quantitative estimate of drug-likeness (QED) is 0.724. The van der Waals surface area contributed by atoms with Crippen LogP contribution >= 0.6 is 11.6 Å². The third kappa shape index (κ3) is 3.34. The molecule has 0 atom stereocenters. The maximum atomic E-state index is 13.4. The van der Waals surface area contributed by atoms with Gasteiger partial charge in [-0.15, -0.1) is 0 Å². The van der Waals surface area contributed by atoms with Crippen LogP contribution in [0.2, 0.25) is 11.3 Å². The molecule has 3 heteroatoms. The second-order valence-corrected chi connectivity index (χ2v) is 4.26. The van der Waals surface area contributed by atoms with E-state index in [-0.39, 0.29) is 5.82 Å². The van der Waals surface area contributed by atoms with E-state index in [0.29, 0.717) is 6.42 Å². The minimum Gasteiger partial charge on any atom is -0.207 e. The van der Waals surface area contributed by atoms with Crippen molar-refractivity contribution in [1.29, 1.82) is 0 Å². The fourth-order valence-electron chi connectivity index (χ4n) is 1.72. The van der Waals surface area contributed by atoms with Gasteiger partial charge in [-0.1, -0.05) is 59.8 Å². The molecule has 0 aromatic heterocycles. The topological polar surface area (TPSA) is 0 Å². The van der Waals surface area contributed by atoms with E-state index in [0.717, 1.165) is 22.4 Å². The van der Waals surface area contributed by atoms with Gasteiger partial charge in [0.1, 0.15) is 5.82 Å². The van der Waals surface area contributed by atoms with Crippen molar-refractivity contribution in [2.75, 3.05) is 0 Å². The van der Waals surface area contributed by atoms with Crippen LogP contribution in [0.5, 0.6) is 0 Å². The molecule has 0 saturated carbocycles. The van der Waals surface area contributed by atoms with Gasteiger partial charge in [0, 0.05) is 5.02 Å². The Labute approximate surface area is 107 Å². The monoisotopic (exact) mass is 245 g/mol. The highest BCUT2D eigenvalue weighted by Crippen LogP contribution is 2.09. The standard InChI is InChI=1S/C14H12BClF/c16-13-7-3-2-6-12(13)15-10-9-11-5-1-4-8-14(11)17/h1-8H,9-10H2. The van der Waals surface area contributed by atoms with Gasteiger partial charge in [-0.2, -0.15) is 0 Å². The number of aryl methyl sites for hydroxylation is 1. The van der Waals surface area contributed by atoms with Gasteiger partial charge in [0.2, 0.25) is 0 Å². The van der Waals surface area contributed by atoms with Gasteiger partial charge in [-0.25, -0.2) is 4.39 Å². The lowest BCUT2D eigenvalue weighted by molar-refractivity contribution is 0.612. The summed E-state index contributed by atoms with van der Waals surface area (Å²) in [6.07, 6.45) is 1.47. The maximum absolute atomic E-state index is 13.4. The third-order valence-electron chi connectivity index (χ3n) is 2.64. The summed E-state index contributed by atoms with van der Waals surface area (Å²) >= 11 is 6.03. The zero-order valence-electron chi connectivity index (χ0n) is 9.37. The number of benzene rings is 2. The van der Waals surface area contributed by atoms with Crippen LogP contribution in [0.1, 0.15) is 5.56 Å². The van der Waals surface area contributed by atoms with Gasteiger partial charge in [0.05, 0.1) is 0 Å². The Hall–Kier alpha value is -1.28. The van der Waals surface area contributed by atoms with Crippen molar-refractivity contribution in [2.45, 2.75) is 12.7 Å². The molecule has 0 saturated heterocycles. The molecule has 0 nitrogen and oxygen atoms in total. The average Bonchev–Trinajstić information content (AvgIpc) is 2.34. The molecular weight excluding hydrogens is 233 g/mol. The van der Waals surface area contributed by atoms with Gasteiger partial charge in [0.25, 0.3) is 0 Å². The molecule has 0 bridgehead atoms. The molecule has 2 aromatic carbocycles. The van der Waals surface area contributed by atoms with Crippen LogP contribution in [0.3, 0.4) is 0 Å². The van der Waals surface area contributed by atoms with E-state index in [1.54, 1.807) is 6.07 Å². The van der Waals surface area contributed by atoms with Crippen LogP contribution in [0.4, 0.5) is 4.39 Å². The zero-order valence-corrected chi connectivity index (χ0v) is 10.1. The van der Waals surface area contributed by atoms with Gasteiger partial charge < -0.3 is 0 Å². The van der Waals surface area contributed by atoms with E-state index in [4.69, 9.17) is 11.6 Å². The minimum atomic E-state index is -0.139. The summed E-state index contributed by atoms with van der Waals surface area (Å²) in [5.74, 6) is -0.139. The van der Waals surface area contributed by atoms with Crippen LogP contribution in [-0.4, -0.2) is 7.28 Å². The van der Waals surface area contributed by atoms with E-state index < -0.39 is 0 Å². The zero-order chi connectivity index (χ0) is 12.1. The van der Waals surface area contributed by atoms with E-state index in [9.17, 15) is 4.39 Å². The molecule has 17 heavy (non-hydrogen) atoms. The van der Waals surface area contributed by atoms with E-state index >= 15 is 0 Å². The van der Waals surface area contributed by atoms with Crippen molar-refractivity contribution in [2.24, 2.45) is 0 Å². The summed E-state index contributed by atoms with van der Waals surface area (Å²) in [6, 6.07) is 14.5.